The average molecular weight is 249 g/mol. The van der Waals surface area contributed by atoms with E-state index in [2.05, 4.69) is 0 Å². The van der Waals surface area contributed by atoms with Crippen LogP contribution in [0.5, 0.6) is 5.75 Å². The highest BCUT2D eigenvalue weighted by Gasteiger charge is 2.06. The van der Waals surface area contributed by atoms with Crippen molar-refractivity contribution in [3.63, 3.8) is 0 Å². The molecule has 2 nitrogen and oxygen atoms in total. The molecule has 0 aliphatic heterocycles. The van der Waals surface area contributed by atoms with E-state index in [0.717, 1.165) is 16.9 Å². The Kier molecular flexibility index (Phi) is 3.67. The highest BCUT2D eigenvalue weighted by molar-refractivity contribution is 6.19. The fourth-order valence-corrected chi connectivity index (χ4v) is 1.85. The van der Waals surface area contributed by atoms with E-state index < -0.39 is 5.56 Å². The van der Waals surface area contributed by atoms with Gasteiger partial charge >= 0.3 is 0 Å². The van der Waals surface area contributed by atoms with E-state index in [9.17, 15) is 5.11 Å². The minimum Gasteiger partial charge on any atom is -0.496 e. The molecule has 1 atom stereocenters. The van der Waals surface area contributed by atoms with Gasteiger partial charge in [0.1, 0.15) is 5.75 Å². The van der Waals surface area contributed by atoms with Gasteiger partial charge < -0.3 is 9.84 Å². The lowest BCUT2D eigenvalue weighted by molar-refractivity contribution is 0.263. The molecule has 3 heteroatoms. The van der Waals surface area contributed by atoms with Crippen molar-refractivity contribution >= 4 is 11.6 Å². The molecule has 0 amide bonds. The Morgan fingerprint density at radius 3 is 2.29 bits per heavy atom. The second-order valence-electron chi connectivity index (χ2n) is 3.66. The van der Waals surface area contributed by atoms with E-state index in [1.807, 2.05) is 36.4 Å². The molecule has 0 saturated carbocycles. The number of ether oxygens (including phenoxy) is 1. The predicted octanol–water partition coefficient (Wildman–Crippen LogP) is 3.59. The smallest absolute Gasteiger partial charge is 0.153 e. The van der Waals surface area contributed by atoms with Gasteiger partial charge in [-0.05, 0) is 17.2 Å². The second-order valence-corrected chi connectivity index (χ2v) is 4.07. The minimum absolute atomic E-state index is 0.685. The molecule has 0 aliphatic carbocycles. The fraction of sp³-hybridized carbons (Fsp3) is 0.143. The van der Waals surface area contributed by atoms with Gasteiger partial charge in [0, 0.05) is 5.56 Å². The normalized spacial score (nSPS) is 12.2. The molecule has 0 aromatic heterocycles. The fourth-order valence-electron chi connectivity index (χ4n) is 1.70. The number of aliphatic hydroxyl groups is 1. The first-order valence-electron chi connectivity index (χ1n) is 5.28. The number of alkyl halides is 1. The van der Waals surface area contributed by atoms with Crippen molar-refractivity contribution in [1.29, 1.82) is 0 Å². The number of hydrogen-bond donors (Lipinski definition) is 1. The molecule has 1 unspecified atom stereocenters. The van der Waals surface area contributed by atoms with Crippen molar-refractivity contribution in [3.05, 3.63) is 54.1 Å². The van der Waals surface area contributed by atoms with Gasteiger partial charge in [0.05, 0.1) is 7.11 Å². The molecular weight excluding hydrogens is 236 g/mol. The Morgan fingerprint density at radius 1 is 1.06 bits per heavy atom. The molecule has 0 heterocycles. The number of benzene rings is 2. The molecule has 88 valence electrons. The quantitative estimate of drug-likeness (QED) is 0.841. The third-order valence-corrected chi connectivity index (χ3v) is 2.86. The second kappa shape index (κ2) is 5.21. The summed E-state index contributed by atoms with van der Waals surface area (Å²) in [5.41, 5.74) is 1.78. The first-order valence-corrected chi connectivity index (χ1v) is 5.71. The summed E-state index contributed by atoms with van der Waals surface area (Å²) in [6.07, 6.45) is 0. The average Bonchev–Trinajstić information content (AvgIpc) is 2.39. The number of para-hydroxylation sites is 1. The zero-order valence-corrected chi connectivity index (χ0v) is 10.2. The Bertz CT molecular complexity index is 492. The van der Waals surface area contributed by atoms with Gasteiger partial charge in [-0.3, -0.25) is 0 Å². The van der Waals surface area contributed by atoms with Gasteiger partial charge in [0.2, 0.25) is 0 Å². The minimum atomic E-state index is -0.957. The maximum Gasteiger partial charge on any atom is 0.153 e. The monoisotopic (exact) mass is 248 g/mol. The lowest BCUT2D eigenvalue weighted by Gasteiger charge is -2.09. The van der Waals surface area contributed by atoms with Crippen LogP contribution in [-0.2, 0) is 0 Å². The van der Waals surface area contributed by atoms with Crippen molar-refractivity contribution in [3.8, 4) is 16.9 Å². The van der Waals surface area contributed by atoms with E-state index in [1.54, 1.807) is 19.2 Å². The van der Waals surface area contributed by atoms with Crippen LogP contribution in [-0.4, -0.2) is 12.2 Å². The van der Waals surface area contributed by atoms with Crippen LogP contribution in [0.25, 0.3) is 11.1 Å². The van der Waals surface area contributed by atoms with Gasteiger partial charge in [-0.1, -0.05) is 54.1 Å². The van der Waals surface area contributed by atoms with Crippen LogP contribution in [0.1, 0.15) is 11.1 Å². The molecule has 17 heavy (non-hydrogen) atoms. The van der Waals surface area contributed by atoms with Crippen LogP contribution < -0.4 is 4.74 Å². The van der Waals surface area contributed by atoms with Crippen LogP contribution in [0.4, 0.5) is 0 Å². The lowest BCUT2D eigenvalue weighted by atomic mass is 10.0. The van der Waals surface area contributed by atoms with E-state index in [4.69, 9.17) is 16.3 Å². The van der Waals surface area contributed by atoms with E-state index in [-0.39, 0.29) is 0 Å². The van der Waals surface area contributed by atoms with Crippen LogP contribution in [0.15, 0.2) is 48.5 Å². The summed E-state index contributed by atoms with van der Waals surface area (Å²) in [5.74, 6) is 0.826. The van der Waals surface area contributed by atoms with Crippen molar-refractivity contribution in [2.24, 2.45) is 0 Å². The molecule has 0 radical (unpaired) electrons. The molecule has 2 aromatic carbocycles. The summed E-state index contributed by atoms with van der Waals surface area (Å²) in [5, 5.41) is 9.23. The number of hydrogen-bond acceptors (Lipinski definition) is 2. The summed E-state index contributed by atoms with van der Waals surface area (Å²) in [7, 11) is 1.65. The third-order valence-electron chi connectivity index (χ3n) is 2.60. The first-order chi connectivity index (χ1) is 8.22. The Hall–Kier alpha value is -1.51. The number of rotatable bonds is 3. The number of aliphatic hydroxyl groups excluding tert-OH is 1. The molecular formula is C14H13ClO2. The topological polar surface area (TPSA) is 29.5 Å². The molecule has 1 N–H and O–H groups in total. The molecule has 2 rings (SSSR count). The molecule has 2 aromatic rings. The summed E-state index contributed by atoms with van der Waals surface area (Å²) in [6.45, 7) is 0. The van der Waals surface area contributed by atoms with E-state index >= 15 is 0 Å². The summed E-state index contributed by atoms with van der Waals surface area (Å²) in [6, 6.07) is 15.2. The largest absolute Gasteiger partial charge is 0.496 e. The Balaban J connectivity index is 2.40. The zero-order chi connectivity index (χ0) is 12.3. The third kappa shape index (κ3) is 2.60. The van der Waals surface area contributed by atoms with Crippen molar-refractivity contribution in [2.75, 3.05) is 7.11 Å². The van der Waals surface area contributed by atoms with Crippen molar-refractivity contribution in [2.45, 2.75) is 5.56 Å². The SMILES string of the molecule is COc1ccccc1-c1ccc(C(O)Cl)cc1. The van der Waals surface area contributed by atoms with Crippen LogP contribution >= 0.6 is 11.6 Å². The highest BCUT2D eigenvalue weighted by atomic mass is 35.5. The van der Waals surface area contributed by atoms with E-state index in [0.29, 0.717) is 5.56 Å². The molecule has 0 bridgehead atoms. The predicted molar refractivity (Wildman–Crippen MR) is 69.2 cm³/mol. The van der Waals surface area contributed by atoms with Crippen LogP contribution in [0.3, 0.4) is 0 Å². The van der Waals surface area contributed by atoms with Crippen molar-refractivity contribution < 1.29 is 9.84 Å². The lowest BCUT2D eigenvalue weighted by Crippen LogP contribution is -1.89. The van der Waals surface area contributed by atoms with Crippen LogP contribution in [0, 0.1) is 0 Å². The summed E-state index contributed by atoms with van der Waals surface area (Å²) < 4.78 is 5.30. The zero-order valence-electron chi connectivity index (χ0n) is 9.43. The molecule has 0 spiro atoms. The molecule has 0 saturated heterocycles. The summed E-state index contributed by atoms with van der Waals surface area (Å²) >= 11 is 5.59. The molecule has 0 fully saturated rings. The first kappa shape index (κ1) is 12.0. The van der Waals surface area contributed by atoms with Gasteiger partial charge in [-0.15, -0.1) is 0 Å². The maximum absolute atomic E-state index is 9.23. The maximum atomic E-state index is 9.23. The van der Waals surface area contributed by atoms with Gasteiger partial charge in [-0.2, -0.15) is 0 Å². The van der Waals surface area contributed by atoms with Crippen LogP contribution in [0.2, 0.25) is 0 Å². The molecule has 0 aliphatic rings. The van der Waals surface area contributed by atoms with Gasteiger partial charge in [-0.25, -0.2) is 0 Å². The number of methoxy groups -OCH3 is 1. The van der Waals surface area contributed by atoms with E-state index in [1.165, 1.54) is 0 Å². The van der Waals surface area contributed by atoms with Crippen molar-refractivity contribution in [1.82, 2.24) is 0 Å². The Morgan fingerprint density at radius 2 is 1.71 bits per heavy atom. The standard InChI is InChI=1S/C14H13ClO2/c1-17-13-5-3-2-4-12(13)10-6-8-11(9-7-10)14(15)16/h2-9,14,16H,1H3. The highest BCUT2D eigenvalue weighted by Crippen LogP contribution is 2.30. The summed E-state index contributed by atoms with van der Waals surface area (Å²) in [4.78, 5) is 0. The van der Waals surface area contributed by atoms with Gasteiger partial charge in [0.25, 0.3) is 0 Å². The Labute approximate surface area is 105 Å². The van der Waals surface area contributed by atoms with Gasteiger partial charge in [0.15, 0.2) is 5.56 Å². The number of halogens is 1.